The SMILES string of the molecule is CCc1nnsc1C(=O)N[C@H](CCO)C(=O)O. The molecular weight excluding hydrogens is 246 g/mol. The second kappa shape index (κ2) is 6.26. The molecule has 17 heavy (non-hydrogen) atoms. The first-order chi connectivity index (χ1) is 8.10. The van der Waals surface area contributed by atoms with Gasteiger partial charge in [0.1, 0.15) is 10.9 Å². The Kier molecular flexibility index (Phi) is 4.98. The minimum atomic E-state index is -1.18. The predicted molar refractivity (Wildman–Crippen MR) is 59.9 cm³/mol. The highest BCUT2D eigenvalue weighted by atomic mass is 32.1. The third-order valence-corrected chi connectivity index (χ3v) is 2.88. The summed E-state index contributed by atoms with van der Waals surface area (Å²) >= 11 is 0.925. The molecule has 1 aromatic heterocycles. The average molecular weight is 259 g/mol. The Morgan fingerprint density at radius 2 is 2.24 bits per heavy atom. The second-order valence-electron chi connectivity index (χ2n) is 3.28. The van der Waals surface area contributed by atoms with E-state index in [0.717, 1.165) is 11.5 Å². The van der Waals surface area contributed by atoms with E-state index in [0.29, 0.717) is 17.0 Å². The fourth-order valence-corrected chi connectivity index (χ4v) is 1.88. The number of carbonyl (C=O) groups is 2. The molecular formula is C9H13N3O4S. The van der Waals surface area contributed by atoms with Crippen LogP contribution in [0.15, 0.2) is 0 Å². The zero-order valence-electron chi connectivity index (χ0n) is 9.21. The van der Waals surface area contributed by atoms with Crippen LogP contribution in [0.5, 0.6) is 0 Å². The van der Waals surface area contributed by atoms with E-state index in [1.807, 2.05) is 6.92 Å². The first-order valence-electron chi connectivity index (χ1n) is 5.05. The van der Waals surface area contributed by atoms with Crippen LogP contribution >= 0.6 is 11.5 Å². The van der Waals surface area contributed by atoms with Gasteiger partial charge in [-0.15, -0.1) is 5.10 Å². The van der Waals surface area contributed by atoms with Gasteiger partial charge >= 0.3 is 5.97 Å². The molecule has 0 aliphatic heterocycles. The molecule has 1 heterocycles. The van der Waals surface area contributed by atoms with Crippen LogP contribution in [0, 0.1) is 0 Å². The van der Waals surface area contributed by atoms with Gasteiger partial charge in [0.15, 0.2) is 0 Å². The smallest absolute Gasteiger partial charge is 0.326 e. The fraction of sp³-hybridized carbons (Fsp3) is 0.556. The van der Waals surface area contributed by atoms with E-state index in [1.165, 1.54) is 0 Å². The first kappa shape index (κ1) is 13.5. The lowest BCUT2D eigenvalue weighted by molar-refractivity contribution is -0.139. The highest BCUT2D eigenvalue weighted by Crippen LogP contribution is 2.11. The van der Waals surface area contributed by atoms with Crippen molar-refractivity contribution in [3.63, 3.8) is 0 Å². The molecule has 0 saturated carbocycles. The molecule has 0 aliphatic carbocycles. The Balaban J connectivity index is 2.73. The molecule has 0 aliphatic rings. The van der Waals surface area contributed by atoms with Gasteiger partial charge in [-0.25, -0.2) is 4.79 Å². The van der Waals surface area contributed by atoms with Gasteiger partial charge < -0.3 is 15.5 Å². The molecule has 0 fully saturated rings. The molecule has 0 bridgehead atoms. The Morgan fingerprint density at radius 1 is 1.53 bits per heavy atom. The topological polar surface area (TPSA) is 112 Å². The highest BCUT2D eigenvalue weighted by molar-refractivity contribution is 7.08. The highest BCUT2D eigenvalue weighted by Gasteiger charge is 2.22. The van der Waals surface area contributed by atoms with E-state index in [4.69, 9.17) is 10.2 Å². The van der Waals surface area contributed by atoms with Crippen LogP contribution in [-0.2, 0) is 11.2 Å². The minimum Gasteiger partial charge on any atom is -0.480 e. The summed E-state index contributed by atoms with van der Waals surface area (Å²) in [4.78, 5) is 22.9. The van der Waals surface area contributed by atoms with Gasteiger partial charge in [-0.05, 0) is 18.0 Å². The molecule has 94 valence electrons. The van der Waals surface area contributed by atoms with Crippen molar-refractivity contribution < 1.29 is 19.8 Å². The van der Waals surface area contributed by atoms with Gasteiger partial charge in [0.2, 0.25) is 0 Å². The van der Waals surface area contributed by atoms with E-state index in [2.05, 4.69) is 14.9 Å². The maximum atomic E-state index is 11.7. The number of hydrogen-bond donors (Lipinski definition) is 3. The van der Waals surface area contributed by atoms with E-state index >= 15 is 0 Å². The molecule has 0 spiro atoms. The van der Waals surface area contributed by atoms with Gasteiger partial charge in [-0.2, -0.15) is 0 Å². The zero-order chi connectivity index (χ0) is 12.8. The number of aryl methyl sites for hydroxylation is 1. The molecule has 0 unspecified atom stereocenters. The summed E-state index contributed by atoms with van der Waals surface area (Å²) in [5.74, 6) is -1.69. The monoisotopic (exact) mass is 259 g/mol. The Hall–Kier alpha value is -1.54. The summed E-state index contributed by atoms with van der Waals surface area (Å²) in [6.07, 6.45) is 0.520. The molecule has 1 atom stereocenters. The minimum absolute atomic E-state index is 0.0330. The van der Waals surface area contributed by atoms with Crippen LogP contribution in [0.25, 0.3) is 0 Å². The molecule has 1 aromatic rings. The largest absolute Gasteiger partial charge is 0.480 e. The van der Waals surface area contributed by atoms with Crippen LogP contribution < -0.4 is 5.32 Å². The van der Waals surface area contributed by atoms with Crippen LogP contribution in [0.4, 0.5) is 0 Å². The number of nitrogens with one attached hydrogen (secondary N) is 1. The quantitative estimate of drug-likeness (QED) is 0.644. The summed E-state index contributed by atoms with van der Waals surface area (Å²) in [7, 11) is 0. The van der Waals surface area contributed by atoms with Crippen molar-refractivity contribution in [3.8, 4) is 0 Å². The number of carboxylic acids is 1. The number of nitrogens with zero attached hydrogens (tertiary/aromatic N) is 2. The number of rotatable bonds is 6. The van der Waals surface area contributed by atoms with Crippen LogP contribution in [-0.4, -0.2) is 44.3 Å². The number of aliphatic hydroxyl groups excluding tert-OH is 1. The molecule has 8 heteroatoms. The lowest BCUT2D eigenvalue weighted by Gasteiger charge is -2.12. The normalized spacial score (nSPS) is 12.1. The lowest BCUT2D eigenvalue weighted by Crippen LogP contribution is -2.41. The summed E-state index contributed by atoms with van der Waals surface area (Å²) in [6.45, 7) is 1.52. The van der Waals surface area contributed by atoms with E-state index in [-0.39, 0.29) is 13.0 Å². The molecule has 0 saturated heterocycles. The number of carbonyl (C=O) groups excluding carboxylic acids is 1. The maximum absolute atomic E-state index is 11.7. The molecule has 3 N–H and O–H groups in total. The Labute approximate surface area is 102 Å². The number of aliphatic carboxylic acids is 1. The maximum Gasteiger partial charge on any atom is 0.326 e. The number of amides is 1. The van der Waals surface area contributed by atoms with Gasteiger partial charge in [-0.1, -0.05) is 11.4 Å². The fourth-order valence-electron chi connectivity index (χ4n) is 1.22. The molecule has 0 radical (unpaired) electrons. The van der Waals surface area contributed by atoms with Crippen LogP contribution in [0.1, 0.15) is 28.7 Å². The third kappa shape index (κ3) is 3.46. The van der Waals surface area contributed by atoms with Crippen molar-refractivity contribution in [2.24, 2.45) is 0 Å². The lowest BCUT2D eigenvalue weighted by atomic mass is 10.2. The Bertz CT molecular complexity index is 407. The van der Waals surface area contributed by atoms with E-state index < -0.39 is 17.9 Å². The van der Waals surface area contributed by atoms with Crippen LogP contribution in [0.2, 0.25) is 0 Å². The number of aliphatic hydroxyl groups is 1. The van der Waals surface area contributed by atoms with Gasteiger partial charge in [0.25, 0.3) is 5.91 Å². The van der Waals surface area contributed by atoms with Crippen molar-refractivity contribution in [2.75, 3.05) is 6.61 Å². The van der Waals surface area contributed by atoms with Crippen molar-refractivity contribution in [1.82, 2.24) is 14.9 Å². The van der Waals surface area contributed by atoms with Crippen molar-refractivity contribution >= 4 is 23.4 Å². The molecule has 0 aromatic carbocycles. The number of carboxylic acid groups (broad SMARTS) is 1. The number of aromatic nitrogens is 2. The first-order valence-corrected chi connectivity index (χ1v) is 5.83. The van der Waals surface area contributed by atoms with Gasteiger partial charge in [0.05, 0.1) is 5.69 Å². The molecule has 1 amide bonds. The number of hydrogen-bond acceptors (Lipinski definition) is 6. The van der Waals surface area contributed by atoms with E-state index in [9.17, 15) is 9.59 Å². The summed E-state index contributed by atoms with van der Waals surface area (Å²) in [5, 5.41) is 23.6. The second-order valence-corrected chi connectivity index (χ2v) is 4.03. The van der Waals surface area contributed by atoms with E-state index in [1.54, 1.807) is 0 Å². The average Bonchev–Trinajstić information content (AvgIpc) is 2.76. The molecule has 1 rings (SSSR count). The Morgan fingerprint density at radius 3 is 2.76 bits per heavy atom. The van der Waals surface area contributed by atoms with Gasteiger partial charge in [0, 0.05) is 13.0 Å². The summed E-state index contributed by atoms with van der Waals surface area (Å²) in [5.41, 5.74) is 0.542. The summed E-state index contributed by atoms with van der Waals surface area (Å²) < 4.78 is 3.65. The summed E-state index contributed by atoms with van der Waals surface area (Å²) in [6, 6.07) is -1.10. The zero-order valence-corrected chi connectivity index (χ0v) is 10.0. The van der Waals surface area contributed by atoms with Gasteiger partial charge in [-0.3, -0.25) is 4.79 Å². The van der Waals surface area contributed by atoms with Crippen molar-refractivity contribution in [3.05, 3.63) is 10.6 Å². The standard InChI is InChI=1S/C9H13N3O4S/c1-2-5-7(17-12-11-5)8(14)10-6(3-4-13)9(15)16/h6,13H,2-4H2,1H3,(H,10,14)(H,15,16)/t6-/m1/s1. The van der Waals surface area contributed by atoms with Crippen LogP contribution in [0.3, 0.4) is 0 Å². The molecule has 7 nitrogen and oxygen atoms in total. The van der Waals surface area contributed by atoms with Crippen molar-refractivity contribution in [2.45, 2.75) is 25.8 Å². The third-order valence-electron chi connectivity index (χ3n) is 2.12. The van der Waals surface area contributed by atoms with Crippen molar-refractivity contribution in [1.29, 1.82) is 0 Å². The predicted octanol–water partition coefficient (Wildman–Crippen LogP) is -0.334.